The number of halogens is 1. The maximum absolute atomic E-state index is 12.9. The van der Waals surface area contributed by atoms with Crippen LogP contribution >= 0.6 is 0 Å². The summed E-state index contributed by atoms with van der Waals surface area (Å²) < 4.78 is 18.2. The van der Waals surface area contributed by atoms with E-state index in [1.807, 2.05) is 12.1 Å². The van der Waals surface area contributed by atoms with Crippen LogP contribution in [0.15, 0.2) is 48.5 Å². The SMILES string of the molecule is COc1ccccc1NC(=O)NCC1CCN(C(=O)Nc2ccc(F)cc2)CC1. The zero-order valence-corrected chi connectivity index (χ0v) is 16.3. The van der Waals surface area contributed by atoms with Gasteiger partial charge in [0.05, 0.1) is 12.8 Å². The highest BCUT2D eigenvalue weighted by Crippen LogP contribution is 2.23. The third-order valence-electron chi connectivity index (χ3n) is 4.90. The molecule has 0 radical (unpaired) electrons. The Balaban J connectivity index is 1.39. The summed E-state index contributed by atoms with van der Waals surface area (Å²) in [7, 11) is 1.55. The van der Waals surface area contributed by atoms with Gasteiger partial charge in [-0.25, -0.2) is 14.0 Å². The predicted molar refractivity (Wildman–Crippen MR) is 110 cm³/mol. The number of piperidine rings is 1. The van der Waals surface area contributed by atoms with Crippen LogP contribution < -0.4 is 20.7 Å². The molecule has 0 aromatic heterocycles. The van der Waals surface area contributed by atoms with Gasteiger partial charge in [0.2, 0.25) is 0 Å². The zero-order valence-electron chi connectivity index (χ0n) is 16.3. The van der Waals surface area contributed by atoms with Crippen LogP contribution in [0.4, 0.5) is 25.4 Å². The van der Waals surface area contributed by atoms with Crippen molar-refractivity contribution in [1.82, 2.24) is 10.2 Å². The molecule has 0 unspecified atom stereocenters. The van der Waals surface area contributed by atoms with Crippen LogP contribution in [0.2, 0.25) is 0 Å². The van der Waals surface area contributed by atoms with Crippen LogP contribution in [0.5, 0.6) is 5.75 Å². The number of carbonyl (C=O) groups is 2. The van der Waals surface area contributed by atoms with E-state index in [2.05, 4.69) is 16.0 Å². The molecule has 0 spiro atoms. The second-order valence-corrected chi connectivity index (χ2v) is 6.90. The molecular formula is C21H25FN4O3. The fraction of sp³-hybridized carbons (Fsp3) is 0.333. The second-order valence-electron chi connectivity index (χ2n) is 6.90. The van der Waals surface area contributed by atoms with Gasteiger partial charge in [0, 0.05) is 25.3 Å². The lowest BCUT2D eigenvalue weighted by atomic mass is 9.97. The van der Waals surface area contributed by atoms with E-state index in [-0.39, 0.29) is 17.9 Å². The molecule has 1 heterocycles. The van der Waals surface area contributed by atoms with Gasteiger partial charge >= 0.3 is 12.1 Å². The van der Waals surface area contributed by atoms with Gasteiger partial charge < -0.3 is 25.6 Å². The average Bonchev–Trinajstić information content (AvgIpc) is 2.74. The van der Waals surface area contributed by atoms with E-state index in [1.54, 1.807) is 24.1 Å². The van der Waals surface area contributed by atoms with Crippen molar-refractivity contribution < 1.29 is 18.7 Å². The van der Waals surface area contributed by atoms with Crippen molar-refractivity contribution in [2.24, 2.45) is 5.92 Å². The Hall–Kier alpha value is -3.29. The zero-order chi connectivity index (χ0) is 20.6. The smallest absolute Gasteiger partial charge is 0.321 e. The van der Waals surface area contributed by atoms with E-state index >= 15 is 0 Å². The number of nitrogens with zero attached hydrogens (tertiary/aromatic N) is 1. The first-order chi connectivity index (χ1) is 14.0. The van der Waals surface area contributed by atoms with Crippen LogP contribution in [-0.2, 0) is 0 Å². The Morgan fingerprint density at radius 1 is 1.07 bits per heavy atom. The van der Waals surface area contributed by atoms with Crippen molar-refractivity contribution in [2.75, 3.05) is 37.4 Å². The molecule has 29 heavy (non-hydrogen) atoms. The molecule has 8 heteroatoms. The molecule has 0 aliphatic carbocycles. The summed E-state index contributed by atoms with van der Waals surface area (Å²) in [6, 6.07) is 12.4. The first-order valence-corrected chi connectivity index (χ1v) is 9.54. The minimum Gasteiger partial charge on any atom is -0.495 e. The quantitative estimate of drug-likeness (QED) is 0.712. The number of likely N-dealkylation sites (tertiary alicyclic amines) is 1. The largest absolute Gasteiger partial charge is 0.495 e. The molecule has 0 atom stereocenters. The van der Waals surface area contributed by atoms with Crippen molar-refractivity contribution in [2.45, 2.75) is 12.8 Å². The van der Waals surface area contributed by atoms with Gasteiger partial charge in [-0.1, -0.05) is 12.1 Å². The molecular weight excluding hydrogens is 375 g/mol. The van der Waals surface area contributed by atoms with Gasteiger partial charge in [-0.15, -0.1) is 0 Å². The summed E-state index contributed by atoms with van der Waals surface area (Å²) >= 11 is 0. The van der Waals surface area contributed by atoms with E-state index in [0.717, 1.165) is 12.8 Å². The van der Waals surface area contributed by atoms with Crippen LogP contribution in [-0.4, -0.2) is 43.7 Å². The fourth-order valence-electron chi connectivity index (χ4n) is 3.23. The first-order valence-electron chi connectivity index (χ1n) is 9.54. The third kappa shape index (κ3) is 5.84. The Bertz CT molecular complexity index is 836. The topological polar surface area (TPSA) is 82.7 Å². The van der Waals surface area contributed by atoms with Crippen molar-refractivity contribution >= 4 is 23.4 Å². The number of methoxy groups -OCH3 is 1. The standard InChI is InChI=1S/C21H25FN4O3/c1-29-19-5-3-2-4-18(19)25-20(27)23-14-15-10-12-26(13-11-15)21(28)24-17-8-6-16(22)7-9-17/h2-9,15H,10-14H2,1H3,(H,24,28)(H2,23,25,27). The third-order valence-corrected chi connectivity index (χ3v) is 4.90. The van der Waals surface area contributed by atoms with Gasteiger partial charge in [0.25, 0.3) is 0 Å². The Morgan fingerprint density at radius 2 is 1.76 bits per heavy atom. The van der Waals surface area contributed by atoms with Crippen LogP contribution in [0.25, 0.3) is 0 Å². The van der Waals surface area contributed by atoms with E-state index in [9.17, 15) is 14.0 Å². The first kappa shape index (κ1) is 20.4. The summed E-state index contributed by atoms with van der Waals surface area (Å²) in [6.45, 7) is 1.75. The lowest BCUT2D eigenvalue weighted by Crippen LogP contribution is -2.43. The van der Waals surface area contributed by atoms with Crippen LogP contribution in [0.1, 0.15) is 12.8 Å². The van der Waals surface area contributed by atoms with Gasteiger partial charge in [-0.2, -0.15) is 0 Å². The Morgan fingerprint density at radius 3 is 2.45 bits per heavy atom. The van der Waals surface area contributed by atoms with Crippen molar-refractivity contribution in [3.8, 4) is 5.75 Å². The number of ether oxygens (including phenoxy) is 1. The van der Waals surface area contributed by atoms with Crippen molar-refractivity contribution in [1.29, 1.82) is 0 Å². The lowest BCUT2D eigenvalue weighted by Gasteiger charge is -2.32. The summed E-state index contributed by atoms with van der Waals surface area (Å²) in [5, 5.41) is 8.43. The Labute approximate surface area is 169 Å². The van der Waals surface area contributed by atoms with Gasteiger partial charge in [-0.3, -0.25) is 0 Å². The highest BCUT2D eigenvalue weighted by Gasteiger charge is 2.23. The number of carbonyl (C=O) groups excluding carboxylic acids is 2. The second kappa shape index (κ2) is 9.77. The molecule has 7 nitrogen and oxygen atoms in total. The Kier molecular flexibility index (Phi) is 6.89. The van der Waals surface area contributed by atoms with E-state index in [1.165, 1.54) is 24.3 Å². The van der Waals surface area contributed by atoms with Crippen molar-refractivity contribution in [3.63, 3.8) is 0 Å². The van der Waals surface area contributed by atoms with E-state index in [4.69, 9.17) is 4.74 Å². The molecule has 2 aromatic carbocycles. The average molecular weight is 400 g/mol. The fourth-order valence-corrected chi connectivity index (χ4v) is 3.23. The van der Waals surface area contributed by atoms with Gasteiger partial charge in [0.1, 0.15) is 11.6 Å². The molecule has 0 bridgehead atoms. The lowest BCUT2D eigenvalue weighted by molar-refractivity contribution is 0.181. The number of hydrogen-bond acceptors (Lipinski definition) is 3. The van der Waals surface area contributed by atoms with Gasteiger partial charge in [0.15, 0.2) is 0 Å². The molecule has 1 aliphatic heterocycles. The maximum atomic E-state index is 12.9. The molecule has 4 amide bonds. The van der Waals surface area contributed by atoms with Crippen molar-refractivity contribution in [3.05, 3.63) is 54.3 Å². The van der Waals surface area contributed by atoms with Crippen LogP contribution in [0, 0.1) is 11.7 Å². The highest BCUT2D eigenvalue weighted by molar-refractivity contribution is 5.91. The number of nitrogens with one attached hydrogen (secondary N) is 3. The molecule has 3 rings (SSSR count). The predicted octanol–water partition coefficient (Wildman–Crippen LogP) is 3.90. The van der Waals surface area contributed by atoms with E-state index < -0.39 is 0 Å². The maximum Gasteiger partial charge on any atom is 0.321 e. The molecule has 0 saturated carbocycles. The summed E-state index contributed by atoms with van der Waals surface area (Å²) in [6.07, 6.45) is 1.59. The van der Waals surface area contributed by atoms with Crippen LogP contribution in [0.3, 0.4) is 0 Å². The molecule has 1 fully saturated rings. The molecule has 1 saturated heterocycles. The van der Waals surface area contributed by atoms with Gasteiger partial charge in [-0.05, 0) is 55.2 Å². The summed E-state index contributed by atoms with van der Waals surface area (Å²) in [5.74, 6) is 0.558. The number of amides is 4. The molecule has 1 aliphatic rings. The molecule has 3 N–H and O–H groups in total. The highest BCUT2D eigenvalue weighted by atomic mass is 19.1. The minimum absolute atomic E-state index is 0.197. The number of benzene rings is 2. The normalized spacial score (nSPS) is 14.2. The number of urea groups is 2. The summed E-state index contributed by atoms with van der Waals surface area (Å²) in [4.78, 5) is 26.2. The molecule has 2 aromatic rings. The number of rotatable bonds is 5. The number of para-hydroxylation sites is 2. The minimum atomic E-state index is -0.342. The molecule has 154 valence electrons. The van der Waals surface area contributed by atoms with E-state index in [0.29, 0.717) is 42.7 Å². The number of anilines is 2. The summed E-state index contributed by atoms with van der Waals surface area (Å²) in [5.41, 5.74) is 1.17. The number of hydrogen-bond donors (Lipinski definition) is 3. The monoisotopic (exact) mass is 400 g/mol.